The second-order valence-corrected chi connectivity index (χ2v) is 9.88. The zero-order valence-electron chi connectivity index (χ0n) is 17.7. The van der Waals surface area contributed by atoms with Crippen molar-refractivity contribution in [2.24, 2.45) is 11.7 Å². The predicted octanol–water partition coefficient (Wildman–Crippen LogP) is 3.23. The molecule has 4 aliphatic carbocycles. The number of carbonyl (C=O) groups excluding carboxylic acids is 1. The van der Waals surface area contributed by atoms with Crippen LogP contribution in [0.15, 0.2) is 18.2 Å². The van der Waals surface area contributed by atoms with Gasteiger partial charge in [-0.05, 0) is 44.1 Å². The van der Waals surface area contributed by atoms with Gasteiger partial charge in [0.1, 0.15) is 28.8 Å². The molecule has 1 amide bonds. The van der Waals surface area contributed by atoms with E-state index in [-0.39, 0.29) is 22.3 Å². The normalized spacial score (nSPS) is 25.6. The lowest BCUT2D eigenvalue weighted by Crippen LogP contribution is -2.56. The molecule has 2 bridgehead atoms. The van der Waals surface area contributed by atoms with Crippen LogP contribution < -0.4 is 21.1 Å². The highest BCUT2D eigenvalue weighted by atomic mass is 19.1. The third-order valence-electron chi connectivity index (χ3n) is 7.89. The molecule has 3 heterocycles. The number of primary amides is 1. The fraction of sp³-hybridized carbons (Fsp3) is 0.435. The molecule has 4 fully saturated rings. The molecule has 4 N–H and O–H groups in total. The summed E-state index contributed by atoms with van der Waals surface area (Å²) in [6.07, 6.45) is 5.20. The molecule has 9 heteroatoms. The molecular formula is C23H23FN6O2. The minimum atomic E-state index is -0.543. The summed E-state index contributed by atoms with van der Waals surface area (Å²) < 4.78 is 22.4. The van der Waals surface area contributed by atoms with Crippen LogP contribution in [0.5, 0.6) is 5.75 Å². The van der Waals surface area contributed by atoms with Crippen LogP contribution in [-0.2, 0) is 10.8 Å². The lowest BCUT2D eigenvalue weighted by atomic mass is 9.43. The minimum Gasteiger partial charge on any atom is -0.492 e. The molecule has 8 rings (SSSR count). The molecule has 8 nitrogen and oxygen atoms in total. The zero-order chi connectivity index (χ0) is 21.8. The Bertz CT molecular complexity index is 1330. The average molecular weight is 434 g/mol. The first-order valence-corrected chi connectivity index (χ1v) is 11.1. The van der Waals surface area contributed by atoms with E-state index in [0.29, 0.717) is 29.5 Å². The van der Waals surface area contributed by atoms with E-state index in [1.165, 1.54) is 0 Å². The standard InChI is InChI=1S/C23H23FN6O2/c1-26-17-6-16(27-14-5-15-12(4-13(14)24)22(2-3-22)10-32-15)28-21-18(20(25)31)19(29-30(17)21)23-7-11(8-23)9-23/h4-6,11,26H,2-3,7-10H2,1H3,(H2,25,31)(H,27,28). The lowest BCUT2D eigenvalue weighted by molar-refractivity contribution is -0.0314. The fourth-order valence-electron chi connectivity index (χ4n) is 5.81. The Balaban J connectivity index is 1.33. The number of aromatic nitrogens is 3. The van der Waals surface area contributed by atoms with Crippen LogP contribution in [0.1, 0.15) is 53.7 Å². The quantitative estimate of drug-likeness (QED) is 0.569. The summed E-state index contributed by atoms with van der Waals surface area (Å²) in [7, 11) is 1.77. The summed E-state index contributed by atoms with van der Waals surface area (Å²) >= 11 is 0. The number of nitrogens with one attached hydrogen (secondary N) is 2. The van der Waals surface area contributed by atoms with Crippen LogP contribution in [0.4, 0.5) is 21.7 Å². The van der Waals surface area contributed by atoms with Gasteiger partial charge in [-0.1, -0.05) is 0 Å². The van der Waals surface area contributed by atoms with E-state index in [0.717, 1.165) is 55.0 Å². The molecule has 5 aliphatic rings. The van der Waals surface area contributed by atoms with E-state index >= 15 is 0 Å². The Hall–Kier alpha value is -3.36. The highest BCUT2D eigenvalue weighted by Gasteiger charge is 2.60. The Labute approximate surface area is 183 Å². The van der Waals surface area contributed by atoms with E-state index in [1.807, 2.05) is 0 Å². The highest BCUT2D eigenvalue weighted by Crippen LogP contribution is 2.65. The molecule has 3 aromatic rings. The van der Waals surface area contributed by atoms with Gasteiger partial charge in [-0.2, -0.15) is 9.61 Å². The zero-order valence-corrected chi connectivity index (χ0v) is 17.7. The summed E-state index contributed by atoms with van der Waals surface area (Å²) in [5, 5.41) is 10.9. The predicted molar refractivity (Wildman–Crippen MR) is 116 cm³/mol. The number of hydrogen-bond acceptors (Lipinski definition) is 6. The van der Waals surface area contributed by atoms with Crippen LogP contribution in [0, 0.1) is 11.7 Å². The van der Waals surface area contributed by atoms with E-state index < -0.39 is 5.91 Å². The maximum atomic E-state index is 15.0. The van der Waals surface area contributed by atoms with Gasteiger partial charge in [-0.15, -0.1) is 0 Å². The minimum absolute atomic E-state index is 0.0109. The highest BCUT2D eigenvalue weighted by molar-refractivity contribution is 6.01. The smallest absolute Gasteiger partial charge is 0.254 e. The van der Waals surface area contributed by atoms with Crippen molar-refractivity contribution in [3.8, 4) is 5.75 Å². The molecule has 32 heavy (non-hydrogen) atoms. The van der Waals surface area contributed by atoms with Crippen LogP contribution in [0.2, 0.25) is 0 Å². The van der Waals surface area contributed by atoms with E-state index in [1.54, 1.807) is 29.8 Å². The van der Waals surface area contributed by atoms with Crippen molar-refractivity contribution in [2.45, 2.75) is 42.9 Å². The molecule has 164 valence electrons. The van der Waals surface area contributed by atoms with Crippen molar-refractivity contribution in [2.75, 3.05) is 24.3 Å². The first-order valence-electron chi connectivity index (χ1n) is 11.1. The van der Waals surface area contributed by atoms with Crippen molar-refractivity contribution in [1.29, 1.82) is 0 Å². The Morgan fingerprint density at radius 1 is 1.25 bits per heavy atom. The van der Waals surface area contributed by atoms with Gasteiger partial charge in [0.05, 0.1) is 18.0 Å². The summed E-state index contributed by atoms with van der Waals surface area (Å²) in [5.41, 5.74) is 8.44. The second kappa shape index (κ2) is 5.70. The van der Waals surface area contributed by atoms with Gasteiger partial charge >= 0.3 is 0 Å². The molecule has 0 unspecified atom stereocenters. The number of ether oxygens (including phenoxy) is 1. The van der Waals surface area contributed by atoms with E-state index in [4.69, 9.17) is 15.6 Å². The number of rotatable bonds is 5. The third-order valence-corrected chi connectivity index (χ3v) is 7.89. The number of hydrogen-bond donors (Lipinski definition) is 3. The van der Waals surface area contributed by atoms with Crippen LogP contribution in [-0.4, -0.2) is 34.2 Å². The molecule has 1 aliphatic heterocycles. The molecular weight excluding hydrogens is 411 g/mol. The number of carbonyl (C=O) groups is 1. The molecule has 0 radical (unpaired) electrons. The molecule has 0 atom stereocenters. The first kappa shape index (κ1) is 18.2. The van der Waals surface area contributed by atoms with Crippen LogP contribution >= 0.6 is 0 Å². The summed E-state index contributed by atoms with van der Waals surface area (Å²) in [4.78, 5) is 17.1. The largest absolute Gasteiger partial charge is 0.492 e. The van der Waals surface area contributed by atoms with Crippen molar-refractivity contribution in [3.63, 3.8) is 0 Å². The number of nitrogens with two attached hydrogens (primary N) is 1. The number of anilines is 3. The van der Waals surface area contributed by atoms with Crippen LogP contribution in [0.25, 0.3) is 5.65 Å². The Morgan fingerprint density at radius 2 is 2.03 bits per heavy atom. The second-order valence-electron chi connectivity index (χ2n) is 9.88. The first-order chi connectivity index (χ1) is 15.4. The van der Waals surface area contributed by atoms with Gasteiger partial charge < -0.3 is 21.1 Å². The number of nitrogens with zero attached hydrogens (tertiary/aromatic N) is 3. The number of halogens is 1. The van der Waals surface area contributed by atoms with Crippen molar-refractivity contribution >= 4 is 28.9 Å². The van der Waals surface area contributed by atoms with E-state index in [2.05, 4.69) is 15.6 Å². The maximum absolute atomic E-state index is 15.0. The number of fused-ring (bicyclic) bond motifs is 3. The SMILES string of the molecule is CNc1cc(Nc2cc3c(cc2F)C2(CC2)CO3)nc2c(C(N)=O)c(C34CC(C3)C4)nn12. The van der Waals surface area contributed by atoms with E-state index in [9.17, 15) is 9.18 Å². The molecule has 1 aromatic carbocycles. The fourth-order valence-corrected chi connectivity index (χ4v) is 5.81. The van der Waals surface area contributed by atoms with Crippen molar-refractivity contribution in [3.05, 3.63) is 40.8 Å². The number of benzene rings is 1. The third kappa shape index (κ3) is 2.23. The van der Waals surface area contributed by atoms with Gasteiger partial charge in [0.25, 0.3) is 5.91 Å². The van der Waals surface area contributed by atoms with Gasteiger partial charge in [0.15, 0.2) is 5.65 Å². The van der Waals surface area contributed by atoms with Crippen molar-refractivity contribution < 1.29 is 13.9 Å². The topological polar surface area (TPSA) is 107 Å². The maximum Gasteiger partial charge on any atom is 0.254 e. The molecule has 4 saturated carbocycles. The Kier molecular flexibility index (Phi) is 3.25. The molecule has 2 aromatic heterocycles. The average Bonchev–Trinajstić information content (AvgIpc) is 3.27. The Morgan fingerprint density at radius 3 is 2.66 bits per heavy atom. The van der Waals surface area contributed by atoms with Gasteiger partial charge in [0.2, 0.25) is 0 Å². The summed E-state index contributed by atoms with van der Waals surface area (Å²) in [6, 6.07) is 5.01. The monoisotopic (exact) mass is 434 g/mol. The molecule has 0 saturated heterocycles. The number of amides is 1. The van der Waals surface area contributed by atoms with Gasteiger partial charge in [0, 0.05) is 35.6 Å². The summed E-state index contributed by atoms with van der Waals surface area (Å²) in [5.74, 6) is 1.58. The lowest BCUT2D eigenvalue weighted by Gasteiger charge is -2.61. The molecule has 1 spiro atoms. The van der Waals surface area contributed by atoms with Crippen LogP contribution in [0.3, 0.4) is 0 Å². The van der Waals surface area contributed by atoms with Crippen molar-refractivity contribution in [1.82, 2.24) is 14.6 Å². The van der Waals surface area contributed by atoms with Gasteiger partial charge in [-0.3, -0.25) is 4.79 Å². The van der Waals surface area contributed by atoms with Gasteiger partial charge in [-0.25, -0.2) is 9.37 Å². The summed E-state index contributed by atoms with van der Waals surface area (Å²) in [6.45, 7) is 0.614.